The van der Waals surface area contributed by atoms with Gasteiger partial charge in [-0.1, -0.05) is 0 Å². The number of carbonyl (C=O) groups is 1. The first kappa shape index (κ1) is 14.2. The molecule has 0 amide bonds. The minimum Gasteiger partial charge on any atom is -0.481 e. The van der Waals surface area contributed by atoms with Gasteiger partial charge in [-0.3, -0.25) is 4.79 Å². The quantitative estimate of drug-likeness (QED) is 0.797. The third kappa shape index (κ3) is 4.16. The summed E-state index contributed by atoms with van der Waals surface area (Å²) in [7, 11) is 0. The molecule has 1 aliphatic rings. The Hall–Kier alpha value is -0.820. The van der Waals surface area contributed by atoms with E-state index in [1.54, 1.807) is 6.92 Å². The van der Waals surface area contributed by atoms with Crippen molar-refractivity contribution in [3.8, 4) is 0 Å². The molecular formula is C10H16F3NO3. The highest BCUT2D eigenvalue weighted by atomic mass is 19.4. The van der Waals surface area contributed by atoms with E-state index < -0.39 is 30.1 Å². The normalized spacial score (nSPS) is 27.8. The average molecular weight is 255 g/mol. The molecule has 0 radical (unpaired) electrons. The number of hydrogen-bond acceptors (Lipinski definition) is 3. The van der Waals surface area contributed by atoms with Crippen LogP contribution in [0.15, 0.2) is 0 Å². The second kappa shape index (κ2) is 5.22. The Morgan fingerprint density at radius 3 is 2.65 bits per heavy atom. The molecule has 0 aromatic heterocycles. The standard InChI is InChI=1S/C10H16F3NO3/c1-9(3-2-4-17-6-9)14-5-7(8(15)16)10(11,12)13/h7,14H,2-6H2,1H3,(H,15,16). The molecule has 2 atom stereocenters. The molecule has 0 aliphatic carbocycles. The van der Waals surface area contributed by atoms with Gasteiger partial charge in [0.1, 0.15) is 0 Å². The van der Waals surface area contributed by atoms with Crippen molar-refractivity contribution in [1.29, 1.82) is 0 Å². The molecule has 1 saturated heterocycles. The predicted octanol–water partition coefficient (Wildman–Crippen LogP) is 1.41. The molecule has 0 aromatic rings. The summed E-state index contributed by atoms with van der Waals surface area (Å²) < 4.78 is 42.4. The summed E-state index contributed by atoms with van der Waals surface area (Å²) in [4.78, 5) is 10.5. The van der Waals surface area contributed by atoms with Crippen LogP contribution in [-0.2, 0) is 9.53 Å². The van der Waals surface area contributed by atoms with Crippen molar-refractivity contribution < 1.29 is 27.8 Å². The van der Waals surface area contributed by atoms with Gasteiger partial charge in [0.15, 0.2) is 5.92 Å². The summed E-state index contributed by atoms with van der Waals surface area (Å²) in [5, 5.41) is 11.2. The summed E-state index contributed by atoms with van der Waals surface area (Å²) in [5.41, 5.74) is -0.572. The van der Waals surface area contributed by atoms with E-state index in [-0.39, 0.29) is 0 Å². The summed E-state index contributed by atoms with van der Waals surface area (Å²) in [6.07, 6.45) is -3.30. The van der Waals surface area contributed by atoms with Crippen molar-refractivity contribution in [2.24, 2.45) is 5.92 Å². The number of hydrogen-bond donors (Lipinski definition) is 2. The number of carboxylic acids is 1. The van der Waals surface area contributed by atoms with Gasteiger partial charge < -0.3 is 15.2 Å². The van der Waals surface area contributed by atoms with Crippen molar-refractivity contribution in [1.82, 2.24) is 5.32 Å². The number of rotatable bonds is 4. The van der Waals surface area contributed by atoms with Crippen molar-refractivity contribution >= 4 is 5.97 Å². The highest BCUT2D eigenvalue weighted by molar-refractivity contribution is 5.71. The summed E-state index contributed by atoms with van der Waals surface area (Å²) in [5.74, 6) is -4.23. The Bertz CT molecular complexity index is 274. The van der Waals surface area contributed by atoms with Crippen LogP contribution in [0.2, 0.25) is 0 Å². The number of nitrogens with one attached hydrogen (secondary N) is 1. The van der Waals surface area contributed by atoms with Gasteiger partial charge >= 0.3 is 12.1 Å². The summed E-state index contributed by atoms with van der Waals surface area (Å²) in [6, 6.07) is 0. The Morgan fingerprint density at radius 2 is 2.24 bits per heavy atom. The van der Waals surface area contributed by atoms with Gasteiger partial charge in [-0.2, -0.15) is 13.2 Å². The topological polar surface area (TPSA) is 58.6 Å². The minimum absolute atomic E-state index is 0.303. The monoisotopic (exact) mass is 255 g/mol. The third-order valence-electron chi connectivity index (χ3n) is 2.86. The molecule has 0 bridgehead atoms. The zero-order valence-corrected chi connectivity index (χ0v) is 9.51. The SMILES string of the molecule is CC1(NCC(C(=O)O)C(F)(F)F)CCCOC1. The lowest BCUT2D eigenvalue weighted by Gasteiger charge is -2.35. The molecule has 7 heteroatoms. The molecule has 2 N–H and O–H groups in total. The van der Waals surface area contributed by atoms with Gasteiger partial charge in [0.2, 0.25) is 0 Å². The fourth-order valence-corrected chi connectivity index (χ4v) is 1.76. The van der Waals surface area contributed by atoms with E-state index in [0.717, 1.165) is 6.42 Å². The smallest absolute Gasteiger partial charge is 0.403 e. The van der Waals surface area contributed by atoms with E-state index in [4.69, 9.17) is 9.84 Å². The lowest BCUT2D eigenvalue weighted by atomic mass is 9.94. The van der Waals surface area contributed by atoms with Crippen LogP contribution in [0.5, 0.6) is 0 Å². The highest BCUT2D eigenvalue weighted by Crippen LogP contribution is 2.27. The van der Waals surface area contributed by atoms with Gasteiger partial charge in [-0.05, 0) is 19.8 Å². The van der Waals surface area contributed by atoms with Crippen LogP contribution in [0.25, 0.3) is 0 Å². The fourth-order valence-electron chi connectivity index (χ4n) is 1.76. The second-order valence-corrected chi connectivity index (χ2v) is 4.53. The molecule has 1 fully saturated rings. The summed E-state index contributed by atoms with van der Waals surface area (Å²) in [6.45, 7) is 2.01. The molecule has 0 aromatic carbocycles. The maximum atomic E-state index is 12.4. The number of carboxylic acid groups (broad SMARTS) is 1. The van der Waals surface area contributed by atoms with Crippen LogP contribution < -0.4 is 5.32 Å². The van der Waals surface area contributed by atoms with E-state index in [1.165, 1.54) is 0 Å². The lowest BCUT2D eigenvalue weighted by Crippen LogP contribution is -2.53. The largest absolute Gasteiger partial charge is 0.481 e. The van der Waals surface area contributed by atoms with Gasteiger partial charge in [0.25, 0.3) is 0 Å². The molecule has 17 heavy (non-hydrogen) atoms. The van der Waals surface area contributed by atoms with Gasteiger partial charge in [-0.25, -0.2) is 0 Å². The molecule has 1 heterocycles. The number of alkyl halides is 3. The van der Waals surface area contributed by atoms with Crippen LogP contribution in [0.1, 0.15) is 19.8 Å². The van der Waals surface area contributed by atoms with E-state index in [1.807, 2.05) is 0 Å². The Morgan fingerprint density at radius 1 is 1.59 bits per heavy atom. The third-order valence-corrected chi connectivity index (χ3v) is 2.86. The van der Waals surface area contributed by atoms with Crippen LogP contribution in [0, 0.1) is 5.92 Å². The number of ether oxygens (including phenoxy) is 1. The Kier molecular flexibility index (Phi) is 4.37. The molecule has 0 spiro atoms. The first-order valence-electron chi connectivity index (χ1n) is 5.37. The molecule has 1 rings (SSSR count). The van der Waals surface area contributed by atoms with E-state index in [2.05, 4.69) is 5.32 Å². The van der Waals surface area contributed by atoms with Crippen molar-refractivity contribution in [3.63, 3.8) is 0 Å². The van der Waals surface area contributed by atoms with Crippen LogP contribution in [0.4, 0.5) is 13.2 Å². The second-order valence-electron chi connectivity index (χ2n) is 4.53. The predicted molar refractivity (Wildman–Crippen MR) is 53.6 cm³/mol. The molecule has 2 unspecified atom stereocenters. The number of aliphatic carboxylic acids is 1. The average Bonchev–Trinajstić information content (AvgIpc) is 2.15. The van der Waals surface area contributed by atoms with Crippen molar-refractivity contribution in [2.45, 2.75) is 31.5 Å². The Labute approximate surface area is 97.1 Å². The van der Waals surface area contributed by atoms with Gasteiger partial charge in [0.05, 0.1) is 6.61 Å². The molecule has 100 valence electrons. The van der Waals surface area contributed by atoms with Gasteiger partial charge in [0, 0.05) is 18.7 Å². The molecule has 1 aliphatic heterocycles. The first-order valence-corrected chi connectivity index (χ1v) is 5.37. The molecule has 0 saturated carbocycles. The van der Waals surface area contributed by atoms with E-state index in [0.29, 0.717) is 19.6 Å². The maximum Gasteiger partial charge on any atom is 0.403 e. The van der Waals surface area contributed by atoms with Crippen molar-refractivity contribution in [3.05, 3.63) is 0 Å². The zero-order chi connectivity index (χ0) is 13.1. The van der Waals surface area contributed by atoms with Crippen LogP contribution in [-0.4, -0.2) is 42.5 Å². The zero-order valence-electron chi connectivity index (χ0n) is 9.51. The molecular weight excluding hydrogens is 239 g/mol. The Balaban J connectivity index is 2.54. The lowest BCUT2D eigenvalue weighted by molar-refractivity contribution is -0.193. The van der Waals surface area contributed by atoms with Crippen LogP contribution >= 0.6 is 0 Å². The number of halogens is 3. The van der Waals surface area contributed by atoms with E-state index in [9.17, 15) is 18.0 Å². The van der Waals surface area contributed by atoms with Crippen LogP contribution in [0.3, 0.4) is 0 Å². The fraction of sp³-hybridized carbons (Fsp3) is 0.900. The van der Waals surface area contributed by atoms with Gasteiger partial charge in [-0.15, -0.1) is 0 Å². The summed E-state index contributed by atoms with van der Waals surface area (Å²) >= 11 is 0. The van der Waals surface area contributed by atoms with Crippen molar-refractivity contribution in [2.75, 3.05) is 19.8 Å². The van der Waals surface area contributed by atoms with E-state index >= 15 is 0 Å². The highest BCUT2D eigenvalue weighted by Gasteiger charge is 2.45. The maximum absolute atomic E-state index is 12.4. The first-order chi connectivity index (χ1) is 7.75. The minimum atomic E-state index is -4.73. The molecule has 4 nitrogen and oxygen atoms in total.